The molecule has 2 atom stereocenters. The molecule has 2 unspecified atom stereocenters. The summed E-state index contributed by atoms with van der Waals surface area (Å²) in [7, 11) is 0. The van der Waals surface area contributed by atoms with Crippen molar-refractivity contribution in [3.05, 3.63) is 35.6 Å². The highest BCUT2D eigenvalue weighted by Gasteiger charge is 2.27. The lowest BCUT2D eigenvalue weighted by Crippen LogP contribution is -2.16. The van der Waals surface area contributed by atoms with Gasteiger partial charge in [-0.2, -0.15) is 4.99 Å². The first-order valence-electron chi connectivity index (χ1n) is 5.35. The number of benzene rings is 1. The average molecular weight is 220 g/mol. The summed E-state index contributed by atoms with van der Waals surface area (Å²) in [5.41, 5.74) is 0.486. The van der Waals surface area contributed by atoms with Gasteiger partial charge in [-0.1, -0.05) is 18.2 Å². The lowest BCUT2D eigenvalue weighted by Gasteiger charge is -2.17. The molecule has 3 nitrogen and oxygen atoms in total. The summed E-state index contributed by atoms with van der Waals surface area (Å²) in [6.45, 7) is 1.66. The normalized spacial score (nSPS) is 21.4. The van der Waals surface area contributed by atoms with Gasteiger partial charge in [-0.3, -0.25) is 0 Å². The summed E-state index contributed by atoms with van der Waals surface area (Å²) in [6, 6.07) is 6.06. The molecule has 0 radical (unpaired) electrons. The standard InChI is InChI=1S/C12H13FN2O/c13-11-4-2-1-3-10(11)12(15-8-16)9-5-6-14-7-9/h1-4,9,12,14H,5-7H2. The number of aliphatic imine (C=N–C) groups is 1. The van der Waals surface area contributed by atoms with Crippen LogP contribution in [0.2, 0.25) is 0 Å². The van der Waals surface area contributed by atoms with Crippen LogP contribution in [-0.4, -0.2) is 19.2 Å². The Morgan fingerprint density at radius 2 is 2.31 bits per heavy atom. The Labute approximate surface area is 93.4 Å². The second-order valence-electron chi connectivity index (χ2n) is 3.94. The van der Waals surface area contributed by atoms with E-state index in [4.69, 9.17) is 0 Å². The minimum absolute atomic E-state index is 0.179. The van der Waals surface area contributed by atoms with Crippen molar-refractivity contribution in [2.24, 2.45) is 10.9 Å². The van der Waals surface area contributed by atoms with Crippen molar-refractivity contribution >= 4 is 6.08 Å². The van der Waals surface area contributed by atoms with Gasteiger partial charge in [-0.15, -0.1) is 0 Å². The molecule has 1 aliphatic heterocycles. The fraction of sp³-hybridized carbons (Fsp3) is 0.417. The average Bonchev–Trinajstić information content (AvgIpc) is 2.80. The highest BCUT2D eigenvalue weighted by Crippen LogP contribution is 2.31. The van der Waals surface area contributed by atoms with Gasteiger partial charge in [0.1, 0.15) is 5.82 Å². The van der Waals surface area contributed by atoms with Crippen LogP contribution in [0.25, 0.3) is 0 Å². The van der Waals surface area contributed by atoms with Crippen molar-refractivity contribution in [3.63, 3.8) is 0 Å². The number of nitrogens with zero attached hydrogens (tertiary/aromatic N) is 1. The predicted molar refractivity (Wildman–Crippen MR) is 58.2 cm³/mol. The maximum absolute atomic E-state index is 13.6. The molecule has 1 aromatic carbocycles. The summed E-state index contributed by atoms with van der Waals surface area (Å²) in [5, 5.41) is 3.19. The number of nitrogens with one attached hydrogen (secondary N) is 1. The second kappa shape index (κ2) is 5.01. The third kappa shape index (κ3) is 2.18. The first-order valence-corrected chi connectivity index (χ1v) is 5.35. The molecule has 0 aliphatic carbocycles. The maximum atomic E-state index is 13.6. The smallest absolute Gasteiger partial charge is 0.235 e. The van der Waals surface area contributed by atoms with E-state index >= 15 is 0 Å². The molecule has 1 aromatic rings. The molecule has 0 amide bonds. The van der Waals surface area contributed by atoms with Crippen LogP contribution in [0.3, 0.4) is 0 Å². The van der Waals surface area contributed by atoms with E-state index in [9.17, 15) is 9.18 Å². The van der Waals surface area contributed by atoms with Crippen LogP contribution in [0, 0.1) is 11.7 Å². The lowest BCUT2D eigenvalue weighted by atomic mass is 9.92. The highest BCUT2D eigenvalue weighted by atomic mass is 19.1. The first-order chi connectivity index (χ1) is 7.83. The van der Waals surface area contributed by atoms with E-state index < -0.39 is 6.04 Å². The van der Waals surface area contributed by atoms with Gasteiger partial charge in [0.15, 0.2) is 0 Å². The van der Waals surface area contributed by atoms with Gasteiger partial charge in [0.2, 0.25) is 6.08 Å². The van der Waals surface area contributed by atoms with E-state index in [1.54, 1.807) is 24.3 Å². The predicted octanol–water partition coefficient (Wildman–Crippen LogP) is 1.81. The van der Waals surface area contributed by atoms with Crippen molar-refractivity contribution in [2.75, 3.05) is 13.1 Å². The van der Waals surface area contributed by atoms with Gasteiger partial charge in [0.25, 0.3) is 0 Å². The van der Waals surface area contributed by atoms with Crippen LogP contribution in [0.5, 0.6) is 0 Å². The van der Waals surface area contributed by atoms with E-state index in [-0.39, 0.29) is 11.7 Å². The van der Waals surface area contributed by atoms with Crippen molar-refractivity contribution in [3.8, 4) is 0 Å². The molecule has 1 N–H and O–H groups in total. The number of rotatable bonds is 3. The highest BCUT2D eigenvalue weighted by molar-refractivity contribution is 5.36. The van der Waals surface area contributed by atoms with Crippen LogP contribution in [0.1, 0.15) is 18.0 Å². The van der Waals surface area contributed by atoms with Crippen LogP contribution in [-0.2, 0) is 4.79 Å². The molecule has 84 valence electrons. The molecule has 0 aromatic heterocycles. The van der Waals surface area contributed by atoms with E-state index in [1.807, 2.05) is 0 Å². The Morgan fingerprint density at radius 3 is 2.94 bits per heavy atom. The van der Waals surface area contributed by atoms with Crippen LogP contribution < -0.4 is 5.32 Å². The first kappa shape index (κ1) is 11.0. The Kier molecular flexibility index (Phi) is 3.44. The lowest BCUT2D eigenvalue weighted by molar-refractivity contribution is 0.448. The summed E-state index contributed by atoms with van der Waals surface area (Å²) < 4.78 is 13.6. The Balaban J connectivity index is 2.31. The molecular formula is C12H13FN2O. The molecule has 1 saturated heterocycles. The monoisotopic (exact) mass is 220 g/mol. The molecular weight excluding hydrogens is 207 g/mol. The second-order valence-corrected chi connectivity index (χ2v) is 3.94. The molecule has 0 bridgehead atoms. The van der Waals surface area contributed by atoms with Gasteiger partial charge in [0, 0.05) is 18.0 Å². The van der Waals surface area contributed by atoms with Gasteiger partial charge in [-0.25, -0.2) is 9.18 Å². The Bertz CT molecular complexity index is 409. The number of isocyanates is 1. The topological polar surface area (TPSA) is 41.5 Å². The summed E-state index contributed by atoms with van der Waals surface area (Å²) >= 11 is 0. The Morgan fingerprint density at radius 1 is 1.50 bits per heavy atom. The molecule has 1 fully saturated rings. The molecule has 0 spiro atoms. The van der Waals surface area contributed by atoms with Crippen LogP contribution in [0.15, 0.2) is 29.3 Å². The van der Waals surface area contributed by atoms with E-state index in [1.165, 1.54) is 6.07 Å². The van der Waals surface area contributed by atoms with Crippen molar-refractivity contribution in [1.82, 2.24) is 5.32 Å². The molecule has 0 saturated carbocycles. The number of hydrogen-bond acceptors (Lipinski definition) is 3. The van der Waals surface area contributed by atoms with E-state index in [0.717, 1.165) is 19.5 Å². The number of halogens is 1. The summed E-state index contributed by atoms with van der Waals surface area (Å²) in [5.74, 6) is -0.128. The maximum Gasteiger partial charge on any atom is 0.235 e. The summed E-state index contributed by atoms with van der Waals surface area (Å²) in [4.78, 5) is 14.2. The largest absolute Gasteiger partial charge is 0.316 e. The van der Waals surface area contributed by atoms with E-state index in [2.05, 4.69) is 10.3 Å². The third-order valence-corrected chi connectivity index (χ3v) is 2.96. The fourth-order valence-electron chi connectivity index (χ4n) is 2.15. The van der Waals surface area contributed by atoms with Crippen molar-refractivity contribution in [1.29, 1.82) is 0 Å². The molecule has 1 aliphatic rings. The zero-order chi connectivity index (χ0) is 11.4. The van der Waals surface area contributed by atoms with Gasteiger partial charge >= 0.3 is 0 Å². The van der Waals surface area contributed by atoms with Crippen LogP contribution in [0.4, 0.5) is 4.39 Å². The fourth-order valence-corrected chi connectivity index (χ4v) is 2.15. The molecule has 16 heavy (non-hydrogen) atoms. The molecule has 1 heterocycles. The minimum Gasteiger partial charge on any atom is -0.316 e. The zero-order valence-electron chi connectivity index (χ0n) is 8.82. The number of hydrogen-bond donors (Lipinski definition) is 1. The Hall–Kier alpha value is -1.51. The van der Waals surface area contributed by atoms with Crippen molar-refractivity contribution < 1.29 is 9.18 Å². The third-order valence-electron chi connectivity index (χ3n) is 2.96. The molecule has 2 rings (SSSR count). The summed E-state index contributed by atoms with van der Waals surface area (Å²) in [6.07, 6.45) is 2.46. The quantitative estimate of drug-likeness (QED) is 0.623. The van der Waals surface area contributed by atoms with Crippen molar-refractivity contribution in [2.45, 2.75) is 12.5 Å². The van der Waals surface area contributed by atoms with Gasteiger partial charge in [0.05, 0.1) is 6.04 Å². The van der Waals surface area contributed by atoms with Gasteiger partial charge < -0.3 is 5.32 Å². The van der Waals surface area contributed by atoms with E-state index in [0.29, 0.717) is 5.56 Å². The molecule has 4 heteroatoms. The van der Waals surface area contributed by atoms with Gasteiger partial charge in [-0.05, 0) is 19.0 Å². The minimum atomic E-state index is -0.409. The SMILES string of the molecule is O=C=NC(c1ccccc1F)C1CCNC1. The zero-order valence-corrected chi connectivity index (χ0v) is 8.82. The van der Waals surface area contributed by atoms with Crippen LogP contribution >= 0.6 is 0 Å². The number of carbonyl (C=O) groups excluding carboxylic acids is 1.